The predicted octanol–water partition coefficient (Wildman–Crippen LogP) is 4.75. The molecule has 0 unspecified atom stereocenters. The Morgan fingerprint density at radius 1 is 1.08 bits per heavy atom. The van der Waals surface area contributed by atoms with Crippen LogP contribution < -0.4 is 4.74 Å². The van der Waals surface area contributed by atoms with E-state index in [0.717, 1.165) is 16.7 Å². The maximum absolute atomic E-state index is 13.0. The van der Waals surface area contributed by atoms with Gasteiger partial charge in [0.1, 0.15) is 13.8 Å². The van der Waals surface area contributed by atoms with Gasteiger partial charge in [0.25, 0.3) is 0 Å². The van der Waals surface area contributed by atoms with Crippen LogP contribution in [0.1, 0.15) is 32.6 Å². The van der Waals surface area contributed by atoms with E-state index in [1.54, 1.807) is 7.11 Å². The van der Waals surface area contributed by atoms with Crippen molar-refractivity contribution in [3.8, 4) is 17.2 Å². The first-order valence-corrected chi connectivity index (χ1v) is 12.1. The zero-order valence-corrected chi connectivity index (χ0v) is 17.4. The summed E-state index contributed by atoms with van der Waals surface area (Å²) in [4.78, 5) is 13.0. The first kappa shape index (κ1) is 20.0. The summed E-state index contributed by atoms with van der Waals surface area (Å²) >= 11 is 0. The molecule has 0 saturated carbocycles. The van der Waals surface area contributed by atoms with E-state index >= 15 is 0 Å². The zero-order chi connectivity index (χ0) is 19.3. The van der Waals surface area contributed by atoms with Crippen LogP contribution in [0.25, 0.3) is 0 Å². The molecule has 0 radical (unpaired) electrons. The molecule has 2 rings (SSSR count). The van der Waals surface area contributed by atoms with Crippen LogP contribution in [0.4, 0.5) is 0 Å². The van der Waals surface area contributed by atoms with E-state index in [2.05, 4.69) is 31.1 Å². The Morgan fingerprint density at radius 3 is 2.31 bits per heavy atom. The SMILES string of the molecule is COCOc1cc(C)c(C#C[Si](C)(C)C)cc1C(=O)c1ccc(C)cc1. The maximum Gasteiger partial charge on any atom is 0.196 e. The van der Waals surface area contributed by atoms with Crippen molar-refractivity contribution < 1.29 is 14.3 Å². The van der Waals surface area contributed by atoms with Gasteiger partial charge in [-0.2, -0.15) is 0 Å². The minimum atomic E-state index is -1.51. The normalized spacial score (nSPS) is 10.8. The van der Waals surface area contributed by atoms with Gasteiger partial charge in [-0.25, -0.2) is 0 Å². The molecule has 136 valence electrons. The first-order chi connectivity index (χ1) is 12.2. The predicted molar refractivity (Wildman–Crippen MR) is 109 cm³/mol. The van der Waals surface area contributed by atoms with Gasteiger partial charge in [-0.15, -0.1) is 5.54 Å². The molecule has 0 fully saturated rings. The molecule has 0 saturated heterocycles. The lowest BCUT2D eigenvalue weighted by atomic mass is 9.97. The number of methoxy groups -OCH3 is 1. The number of benzene rings is 2. The molecular weight excluding hydrogens is 340 g/mol. The van der Waals surface area contributed by atoms with Crippen molar-refractivity contribution in [2.75, 3.05) is 13.9 Å². The van der Waals surface area contributed by atoms with Crippen LogP contribution in [0, 0.1) is 25.3 Å². The number of carbonyl (C=O) groups is 1. The third-order valence-corrected chi connectivity index (χ3v) is 4.66. The third kappa shape index (κ3) is 5.32. The lowest BCUT2D eigenvalue weighted by Crippen LogP contribution is -2.16. The van der Waals surface area contributed by atoms with Gasteiger partial charge in [-0.1, -0.05) is 55.4 Å². The maximum atomic E-state index is 13.0. The summed E-state index contributed by atoms with van der Waals surface area (Å²) < 4.78 is 10.7. The molecule has 0 aromatic heterocycles. The largest absolute Gasteiger partial charge is 0.467 e. The number of rotatable bonds is 5. The molecule has 2 aromatic carbocycles. The Bertz CT molecular complexity index is 850. The highest BCUT2D eigenvalue weighted by Crippen LogP contribution is 2.26. The quantitative estimate of drug-likeness (QED) is 0.332. The minimum absolute atomic E-state index is 0.0767. The highest BCUT2D eigenvalue weighted by Gasteiger charge is 2.17. The molecule has 0 aliphatic carbocycles. The van der Waals surface area contributed by atoms with Gasteiger partial charge in [0, 0.05) is 18.2 Å². The van der Waals surface area contributed by atoms with E-state index in [4.69, 9.17) is 9.47 Å². The fraction of sp³-hybridized carbons (Fsp3) is 0.318. The second-order valence-corrected chi connectivity index (χ2v) is 12.2. The molecular formula is C22H26O3Si. The highest BCUT2D eigenvalue weighted by molar-refractivity contribution is 6.83. The van der Waals surface area contributed by atoms with Crippen LogP contribution in [0.15, 0.2) is 36.4 Å². The first-order valence-electron chi connectivity index (χ1n) is 8.62. The van der Waals surface area contributed by atoms with Gasteiger partial charge in [-0.05, 0) is 31.5 Å². The van der Waals surface area contributed by atoms with Gasteiger partial charge in [-0.3, -0.25) is 4.79 Å². The molecule has 0 amide bonds. The molecule has 0 heterocycles. The van der Waals surface area contributed by atoms with Gasteiger partial charge >= 0.3 is 0 Å². The molecule has 2 aromatic rings. The Kier molecular flexibility index (Phi) is 6.41. The summed E-state index contributed by atoms with van der Waals surface area (Å²) in [5, 5.41) is 0. The lowest BCUT2D eigenvalue weighted by Gasteiger charge is -2.13. The van der Waals surface area contributed by atoms with Crippen LogP contribution in [0.5, 0.6) is 5.75 Å². The number of hydrogen-bond donors (Lipinski definition) is 0. The molecule has 0 bridgehead atoms. The van der Waals surface area contributed by atoms with Gasteiger partial charge in [0.05, 0.1) is 5.56 Å². The van der Waals surface area contributed by atoms with Crippen LogP contribution in [0.3, 0.4) is 0 Å². The van der Waals surface area contributed by atoms with Crippen LogP contribution in [-0.2, 0) is 4.74 Å². The summed E-state index contributed by atoms with van der Waals surface area (Å²) in [5.74, 6) is 3.71. The standard InChI is InChI=1S/C22H26O3Si/c1-16-7-9-18(10-8-16)22(23)20-14-19(11-12-26(4,5)6)17(2)13-21(20)25-15-24-3/h7-10,13-14H,15H2,1-6H3. The average Bonchev–Trinajstić information content (AvgIpc) is 2.58. The third-order valence-electron chi connectivity index (χ3n) is 3.79. The Labute approximate surface area is 157 Å². The van der Waals surface area contributed by atoms with Gasteiger partial charge in [0.15, 0.2) is 12.6 Å². The van der Waals surface area contributed by atoms with Crippen molar-refractivity contribution in [2.24, 2.45) is 0 Å². The highest BCUT2D eigenvalue weighted by atomic mass is 28.3. The summed E-state index contributed by atoms with van der Waals surface area (Å²) in [5.41, 5.74) is 7.48. The van der Waals surface area contributed by atoms with Gasteiger partial charge in [0.2, 0.25) is 0 Å². The smallest absolute Gasteiger partial charge is 0.196 e. The van der Waals surface area contributed by atoms with Gasteiger partial charge < -0.3 is 9.47 Å². The molecule has 0 atom stereocenters. The van der Waals surface area contributed by atoms with Crippen molar-refractivity contribution in [2.45, 2.75) is 33.5 Å². The van der Waals surface area contributed by atoms with E-state index in [0.29, 0.717) is 16.9 Å². The van der Waals surface area contributed by atoms with Crippen molar-refractivity contribution in [1.29, 1.82) is 0 Å². The Balaban J connectivity index is 2.53. The van der Waals surface area contributed by atoms with Crippen molar-refractivity contribution in [3.63, 3.8) is 0 Å². The number of hydrogen-bond acceptors (Lipinski definition) is 3. The number of ketones is 1. The summed E-state index contributed by atoms with van der Waals surface area (Å²) in [6, 6.07) is 11.3. The number of aryl methyl sites for hydroxylation is 2. The topological polar surface area (TPSA) is 35.5 Å². The van der Waals surface area contributed by atoms with E-state index in [9.17, 15) is 4.79 Å². The molecule has 3 nitrogen and oxygen atoms in total. The minimum Gasteiger partial charge on any atom is -0.467 e. The summed E-state index contributed by atoms with van der Waals surface area (Å²) in [7, 11) is 0.0481. The number of ether oxygens (including phenoxy) is 2. The van der Waals surface area contributed by atoms with E-state index < -0.39 is 8.07 Å². The van der Waals surface area contributed by atoms with Crippen molar-refractivity contribution in [1.82, 2.24) is 0 Å². The second kappa shape index (κ2) is 8.35. The molecule has 0 spiro atoms. The lowest BCUT2D eigenvalue weighted by molar-refractivity contribution is 0.0503. The van der Waals surface area contributed by atoms with E-state index in [-0.39, 0.29) is 12.6 Å². The number of carbonyl (C=O) groups excluding carboxylic acids is 1. The molecule has 26 heavy (non-hydrogen) atoms. The summed E-state index contributed by atoms with van der Waals surface area (Å²) in [6.45, 7) is 10.7. The van der Waals surface area contributed by atoms with Crippen molar-refractivity contribution >= 4 is 13.9 Å². The fourth-order valence-electron chi connectivity index (χ4n) is 2.35. The average molecular weight is 367 g/mol. The molecule has 4 heteroatoms. The second-order valence-electron chi connectivity index (χ2n) is 7.41. The van der Waals surface area contributed by atoms with Crippen LogP contribution in [0.2, 0.25) is 19.6 Å². The Hall–Kier alpha value is -2.35. The van der Waals surface area contributed by atoms with E-state index in [1.165, 1.54) is 0 Å². The molecule has 0 N–H and O–H groups in total. The Morgan fingerprint density at radius 2 is 1.73 bits per heavy atom. The zero-order valence-electron chi connectivity index (χ0n) is 16.4. The molecule has 0 aliphatic heterocycles. The monoisotopic (exact) mass is 366 g/mol. The molecule has 0 aliphatic rings. The van der Waals surface area contributed by atoms with Crippen LogP contribution >= 0.6 is 0 Å². The fourth-order valence-corrected chi connectivity index (χ4v) is 2.86. The van der Waals surface area contributed by atoms with E-state index in [1.807, 2.05) is 50.2 Å². The van der Waals surface area contributed by atoms with Crippen molar-refractivity contribution in [3.05, 3.63) is 64.2 Å². The van der Waals surface area contributed by atoms with Crippen LogP contribution in [-0.4, -0.2) is 27.8 Å². The summed E-state index contributed by atoms with van der Waals surface area (Å²) in [6.07, 6.45) is 0.